The molecule has 2 saturated heterocycles. The van der Waals surface area contributed by atoms with Gasteiger partial charge in [-0.25, -0.2) is 9.59 Å². The summed E-state index contributed by atoms with van der Waals surface area (Å²) in [6.45, 7) is 0. The Labute approximate surface area is 251 Å². The average Bonchev–Trinajstić information content (AvgIpc) is 3.01. The SMILES string of the molecule is COc1c(-c2ccc(O[C@H]3O[C@@H](C(=O)O)[C@H](O)[C@@H](O)[C@@H]3O)c(O[C@H]3O[C@@H](C(=O)O)[C@H](O)[C@@H](O)[C@@H]3O)c2)oc2ccccc2c1=O. The van der Waals surface area contributed by atoms with Crippen LogP contribution in [-0.2, 0) is 19.1 Å². The van der Waals surface area contributed by atoms with E-state index in [1.807, 2.05) is 0 Å². The molecule has 0 spiro atoms. The highest BCUT2D eigenvalue weighted by Crippen LogP contribution is 2.39. The molecule has 0 amide bonds. The molecule has 0 aliphatic carbocycles. The predicted octanol–water partition coefficient (Wildman–Crippen LogP) is -1.99. The summed E-state index contributed by atoms with van der Waals surface area (Å²) < 4.78 is 32.9. The number of rotatable bonds is 8. The molecule has 10 atom stereocenters. The van der Waals surface area contributed by atoms with Gasteiger partial charge in [0.2, 0.25) is 23.8 Å². The van der Waals surface area contributed by atoms with Crippen molar-refractivity contribution in [1.82, 2.24) is 0 Å². The molecule has 242 valence electrons. The van der Waals surface area contributed by atoms with Crippen molar-refractivity contribution < 1.29 is 78.5 Å². The van der Waals surface area contributed by atoms with E-state index in [4.69, 9.17) is 28.1 Å². The van der Waals surface area contributed by atoms with E-state index in [1.54, 1.807) is 12.1 Å². The first-order valence-corrected chi connectivity index (χ1v) is 13.3. The third-order valence-electron chi connectivity index (χ3n) is 7.28. The molecule has 2 aliphatic heterocycles. The third kappa shape index (κ3) is 5.90. The molecule has 1 aromatic heterocycles. The second kappa shape index (κ2) is 12.6. The summed E-state index contributed by atoms with van der Waals surface area (Å²) in [6.07, 6.45) is -20.1. The fraction of sp³-hybridized carbons (Fsp3) is 0.393. The molecule has 17 heteroatoms. The highest BCUT2D eigenvalue weighted by Gasteiger charge is 2.50. The Kier molecular flexibility index (Phi) is 8.97. The zero-order valence-corrected chi connectivity index (χ0v) is 23.1. The smallest absolute Gasteiger partial charge is 0.335 e. The molecular formula is C28H28O17. The standard InChI is InChI=1S/C28H28O17/c1-40-22-14(29)10-4-2-3-5-11(10)41-21(22)9-6-7-12(42-27-19(34)15(30)17(32)23(44-27)25(36)37)13(8-9)43-28-20(35)16(31)18(33)24(45-28)26(38)39/h2-8,15-20,23-24,27-28,30-35H,1H3,(H,36,37)(H,38,39)/t15-,16-,17-,18-,19+,20+,23-,24-,27+,28+/m1/s1. The van der Waals surface area contributed by atoms with Crippen molar-refractivity contribution in [3.05, 3.63) is 52.7 Å². The molecule has 0 unspecified atom stereocenters. The van der Waals surface area contributed by atoms with E-state index in [9.17, 15) is 55.2 Å². The molecule has 2 aliphatic rings. The summed E-state index contributed by atoms with van der Waals surface area (Å²) in [6, 6.07) is 9.93. The zero-order valence-electron chi connectivity index (χ0n) is 23.1. The number of carboxylic acid groups (broad SMARTS) is 2. The third-order valence-corrected chi connectivity index (χ3v) is 7.28. The minimum atomic E-state index is -2.05. The Morgan fingerprint density at radius 3 is 1.78 bits per heavy atom. The van der Waals surface area contributed by atoms with Crippen LogP contribution in [0.5, 0.6) is 17.2 Å². The fourth-order valence-corrected chi connectivity index (χ4v) is 4.89. The largest absolute Gasteiger partial charge is 0.490 e. The van der Waals surface area contributed by atoms with Crippen LogP contribution in [0.4, 0.5) is 0 Å². The van der Waals surface area contributed by atoms with E-state index in [-0.39, 0.29) is 33.8 Å². The van der Waals surface area contributed by atoms with Gasteiger partial charge < -0.3 is 69.0 Å². The van der Waals surface area contributed by atoms with Crippen LogP contribution < -0.4 is 19.6 Å². The highest BCUT2D eigenvalue weighted by molar-refractivity contribution is 5.82. The van der Waals surface area contributed by atoms with Crippen LogP contribution in [0.2, 0.25) is 0 Å². The summed E-state index contributed by atoms with van der Waals surface area (Å²) in [4.78, 5) is 36.3. The first-order chi connectivity index (χ1) is 21.3. The first kappa shape index (κ1) is 32.1. The van der Waals surface area contributed by atoms with Crippen LogP contribution in [0.3, 0.4) is 0 Å². The summed E-state index contributed by atoms with van der Waals surface area (Å²) >= 11 is 0. The van der Waals surface area contributed by atoms with Crippen molar-refractivity contribution in [2.24, 2.45) is 0 Å². The first-order valence-electron chi connectivity index (χ1n) is 13.3. The lowest BCUT2D eigenvalue weighted by Gasteiger charge is -2.39. The van der Waals surface area contributed by atoms with E-state index in [0.717, 1.165) is 12.1 Å². The Bertz CT molecular complexity index is 1640. The van der Waals surface area contributed by atoms with E-state index in [1.165, 1.54) is 25.3 Å². The van der Waals surface area contributed by atoms with Crippen molar-refractivity contribution in [2.75, 3.05) is 7.11 Å². The predicted molar refractivity (Wildman–Crippen MR) is 144 cm³/mol. The number of aliphatic hydroxyl groups excluding tert-OH is 6. The molecule has 8 N–H and O–H groups in total. The number of ether oxygens (including phenoxy) is 5. The van der Waals surface area contributed by atoms with E-state index in [2.05, 4.69) is 0 Å². The second-order valence-electron chi connectivity index (χ2n) is 10.2. The van der Waals surface area contributed by atoms with Crippen molar-refractivity contribution in [3.8, 4) is 28.6 Å². The lowest BCUT2D eigenvalue weighted by atomic mass is 9.99. The van der Waals surface area contributed by atoms with Crippen LogP contribution in [-0.4, -0.2) is 121 Å². The van der Waals surface area contributed by atoms with E-state index >= 15 is 0 Å². The lowest BCUT2D eigenvalue weighted by Crippen LogP contribution is -2.61. The van der Waals surface area contributed by atoms with Crippen molar-refractivity contribution >= 4 is 22.9 Å². The average molecular weight is 637 g/mol. The Hall–Kier alpha value is -4.33. The molecule has 5 rings (SSSR count). The lowest BCUT2D eigenvalue weighted by molar-refractivity contribution is -0.276. The molecule has 0 bridgehead atoms. The van der Waals surface area contributed by atoms with Gasteiger partial charge in [0.1, 0.15) is 42.2 Å². The van der Waals surface area contributed by atoms with Crippen molar-refractivity contribution in [2.45, 2.75) is 61.4 Å². The number of carboxylic acids is 2. The Morgan fingerprint density at radius 2 is 1.24 bits per heavy atom. The maximum absolute atomic E-state index is 13.1. The Balaban J connectivity index is 1.59. The number of aliphatic carboxylic acids is 2. The van der Waals surface area contributed by atoms with Crippen LogP contribution in [0.15, 0.2) is 51.7 Å². The van der Waals surface area contributed by atoms with Gasteiger partial charge in [-0.3, -0.25) is 4.79 Å². The fourth-order valence-electron chi connectivity index (χ4n) is 4.89. The van der Waals surface area contributed by atoms with Crippen LogP contribution >= 0.6 is 0 Å². The van der Waals surface area contributed by atoms with Gasteiger partial charge in [0.15, 0.2) is 29.5 Å². The molecular weight excluding hydrogens is 608 g/mol. The monoisotopic (exact) mass is 636 g/mol. The van der Waals surface area contributed by atoms with Crippen LogP contribution in [0.25, 0.3) is 22.3 Å². The van der Waals surface area contributed by atoms with Gasteiger partial charge >= 0.3 is 11.9 Å². The Morgan fingerprint density at radius 1 is 0.711 bits per heavy atom. The maximum Gasteiger partial charge on any atom is 0.335 e. The number of hydrogen-bond acceptors (Lipinski definition) is 15. The molecule has 0 radical (unpaired) electrons. The highest BCUT2D eigenvalue weighted by atomic mass is 16.7. The van der Waals surface area contributed by atoms with E-state index < -0.39 is 84.5 Å². The van der Waals surface area contributed by atoms with Gasteiger partial charge in [0, 0.05) is 5.56 Å². The number of aliphatic hydroxyl groups is 6. The normalized spacial score (nSPS) is 31.7. The van der Waals surface area contributed by atoms with Gasteiger partial charge in [-0.05, 0) is 30.3 Å². The molecule has 0 saturated carbocycles. The number of para-hydroxylation sites is 1. The van der Waals surface area contributed by atoms with Crippen molar-refractivity contribution in [1.29, 1.82) is 0 Å². The number of benzene rings is 2. The molecule has 45 heavy (non-hydrogen) atoms. The number of methoxy groups -OCH3 is 1. The van der Waals surface area contributed by atoms with Crippen LogP contribution in [0.1, 0.15) is 0 Å². The summed E-state index contributed by atoms with van der Waals surface area (Å²) in [5.74, 6) is -4.54. The molecule has 3 aromatic rings. The second-order valence-corrected chi connectivity index (χ2v) is 10.2. The quantitative estimate of drug-likeness (QED) is 0.133. The number of carbonyl (C=O) groups is 2. The molecule has 2 fully saturated rings. The molecule has 3 heterocycles. The summed E-state index contributed by atoms with van der Waals surface area (Å²) in [5, 5.41) is 80.5. The molecule has 2 aromatic carbocycles. The van der Waals surface area contributed by atoms with Crippen molar-refractivity contribution in [3.63, 3.8) is 0 Å². The maximum atomic E-state index is 13.1. The summed E-state index contributed by atoms with van der Waals surface area (Å²) in [7, 11) is 1.23. The number of fused-ring (bicyclic) bond motifs is 1. The minimum Gasteiger partial charge on any atom is -0.490 e. The summed E-state index contributed by atoms with van der Waals surface area (Å²) in [5.41, 5.74) is -0.267. The van der Waals surface area contributed by atoms with Gasteiger partial charge in [0.05, 0.1) is 12.5 Å². The topological polar surface area (TPSA) is 272 Å². The van der Waals surface area contributed by atoms with Crippen LogP contribution in [0, 0.1) is 0 Å². The van der Waals surface area contributed by atoms with Gasteiger partial charge in [0.25, 0.3) is 0 Å². The van der Waals surface area contributed by atoms with Gasteiger partial charge in [-0.1, -0.05) is 12.1 Å². The van der Waals surface area contributed by atoms with Gasteiger partial charge in [-0.2, -0.15) is 0 Å². The van der Waals surface area contributed by atoms with E-state index in [0.29, 0.717) is 0 Å². The minimum absolute atomic E-state index is 0.0849. The molecule has 17 nitrogen and oxygen atoms in total. The van der Waals surface area contributed by atoms with Gasteiger partial charge in [-0.15, -0.1) is 0 Å². The number of hydrogen-bond donors (Lipinski definition) is 8. The zero-order chi connectivity index (χ0) is 32.7.